The maximum atomic E-state index is 11.5. The number of carbonyl (C=O) groups excluding carboxylic acids is 3. The zero-order chi connectivity index (χ0) is 17.2. The van der Waals surface area contributed by atoms with Gasteiger partial charge in [-0.25, -0.2) is 9.59 Å². The largest absolute Gasteiger partial charge is 0.445 e. The van der Waals surface area contributed by atoms with E-state index in [1.807, 2.05) is 30.3 Å². The molecule has 0 saturated carbocycles. The first kappa shape index (κ1) is 17.8. The molecule has 24 heavy (non-hydrogen) atoms. The highest BCUT2D eigenvalue weighted by Crippen LogP contribution is 2.10. The average Bonchev–Trinajstić information content (AvgIpc) is 2.60. The van der Waals surface area contributed by atoms with E-state index in [2.05, 4.69) is 5.32 Å². The second kappa shape index (κ2) is 9.54. The van der Waals surface area contributed by atoms with E-state index in [0.29, 0.717) is 19.5 Å². The van der Waals surface area contributed by atoms with Crippen molar-refractivity contribution in [2.24, 2.45) is 0 Å². The van der Waals surface area contributed by atoms with Gasteiger partial charge in [-0.1, -0.05) is 30.3 Å². The summed E-state index contributed by atoms with van der Waals surface area (Å²) < 4.78 is 5.10. The molecule has 0 spiro atoms. The van der Waals surface area contributed by atoms with Gasteiger partial charge < -0.3 is 14.9 Å². The lowest BCUT2D eigenvalue weighted by Crippen LogP contribution is -2.38. The molecule has 1 aliphatic rings. The van der Waals surface area contributed by atoms with Crippen molar-refractivity contribution in [2.75, 3.05) is 13.1 Å². The summed E-state index contributed by atoms with van der Waals surface area (Å²) in [6.07, 6.45) is 2.20. The molecule has 0 radical (unpaired) electrons. The molecule has 2 amide bonds. The van der Waals surface area contributed by atoms with Gasteiger partial charge in [0, 0.05) is 13.0 Å². The number of benzene rings is 1. The van der Waals surface area contributed by atoms with Gasteiger partial charge in [-0.05, 0) is 24.8 Å². The molecule has 0 atom stereocenters. The van der Waals surface area contributed by atoms with Gasteiger partial charge in [0.1, 0.15) is 6.61 Å². The number of hydrogen-bond donors (Lipinski definition) is 1. The van der Waals surface area contributed by atoms with Crippen molar-refractivity contribution in [3.63, 3.8) is 0 Å². The Morgan fingerprint density at radius 3 is 2.71 bits per heavy atom. The molecule has 0 aromatic heterocycles. The standard InChI is InChI=1S/C17H22N2O5/c20-15-9-10-16(21)24-19(15)12-6-2-5-11-18-17(22)23-13-14-7-3-1-4-8-14/h1,3-4,7-8H,2,5-6,9-13H2,(H,18,22). The molecule has 1 fully saturated rings. The highest BCUT2D eigenvalue weighted by atomic mass is 16.7. The van der Waals surface area contributed by atoms with Crippen LogP contribution in [-0.4, -0.2) is 36.1 Å². The predicted molar refractivity (Wildman–Crippen MR) is 85.5 cm³/mol. The lowest BCUT2D eigenvalue weighted by atomic mass is 10.2. The van der Waals surface area contributed by atoms with E-state index in [0.717, 1.165) is 23.5 Å². The van der Waals surface area contributed by atoms with Crippen LogP contribution in [-0.2, 0) is 25.8 Å². The van der Waals surface area contributed by atoms with E-state index >= 15 is 0 Å². The van der Waals surface area contributed by atoms with Crippen molar-refractivity contribution < 1.29 is 24.0 Å². The summed E-state index contributed by atoms with van der Waals surface area (Å²) in [6, 6.07) is 9.47. The molecule has 1 saturated heterocycles. The van der Waals surface area contributed by atoms with Gasteiger partial charge in [0.2, 0.25) is 0 Å². The van der Waals surface area contributed by atoms with Crippen molar-refractivity contribution in [2.45, 2.75) is 38.7 Å². The van der Waals surface area contributed by atoms with Gasteiger partial charge in [-0.2, -0.15) is 5.06 Å². The fraction of sp³-hybridized carbons (Fsp3) is 0.471. The molecule has 1 N–H and O–H groups in total. The van der Waals surface area contributed by atoms with Crippen molar-refractivity contribution in [3.05, 3.63) is 35.9 Å². The quantitative estimate of drug-likeness (QED) is 0.737. The molecule has 7 nitrogen and oxygen atoms in total. The fourth-order valence-electron chi connectivity index (χ4n) is 2.25. The van der Waals surface area contributed by atoms with Gasteiger partial charge in [-0.3, -0.25) is 4.79 Å². The molecule has 7 heteroatoms. The van der Waals surface area contributed by atoms with E-state index in [1.165, 1.54) is 0 Å². The Labute approximate surface area is 140 Å². The van der Waals surface area contributed by atoms with E-state index in [-0.39, 0.29) is 31.3 Å². The van der Waals surface area contributed by atoms with Gasteiger partial charge in [0.05, 0.1) is 13.0 Å². The van der Waals surface area contributed by atoms with Crippen molar-refractivity contribution in [1.29, 1.82) is 0 Å². The van der Waals surface area contributed by atoms with Crippen LogP contribution in [0.1, 0.15) is 37.7 Å². The molecule has 0 unspecified atom stereocenters. The van der Waals surface area contributed by atoms with Crippen LogP contribution in [0.5, 0.6) is 0 Å². The van der Waals surface area contributed by atoms with Gasteiger partial charge in [0.15, 0.2) is 0 Å². The molecule has 1 aromatic carbocycles. The average molecular weight is 334 g/mol. The first-order valence-electron chi connectivity index (χ1n) is 8.11. The number of ether oxygens (including phenoxy) is 1. The Morgan fingerprint density at radius 2 is 1.92 bits per heavy atom. The number of nitrogens with zero attached hydrogens (tertiary/aromatic N) is 1. The normalized spacial score (nSPS) is 14.2. The Hall–Kier alpha value is -2.57. The van der Waals surface area contributed by atoms with Gasteiger partial charge in [0.25, 0.3) is 5.91 Å². The van der Waals surface area contributed by atoms with E-state index in [4.69, 9.17) is 9.57 Å². The van der Waals surface area contributed by atoms with Crippen LogP contribution < -0.4 is 5.32 Å². The maximum Gasteiger partial charge on any atom is 0.407 e. The Bertz CT molecular complexity index is 561. The molecule has 0 bridgehead atoms. The first-order valence-corrected chi connectivity index (χ1v) is 8.11. The van der Waals surface area contributed by atoms with Crippen LogP contribution in [0.4, 0.5) is 4.79 Å². The topological polar surface area (TPSA) is 84.9 Å². The second-order valence-electron chi connectivity index (χ2n) is 5.51. The van der Waals surface area contributed by atoms with E-state index in [9.17, 15) is 14.4 Å². The minimum Gasteiger partial charge on any atom is -0.445 e. The number of alkyl carbamates (subject to hydrolysis) is 1. The second-order valence-corrected chi connectivity index (χ2v) is 5.51. The summed E-state index contributed by atoms with van der Waals surface area (Å²) in [5.74, 6) is -0.519. The minimum absolute atomic E-state index is 0.155. The number of amides is 2. The smallest absolute Gasteiger partial charge is 0.407 e. The lowest BCUT2D eigenvalue weighted by Gasteiger charge is -2.24. The Balaban J connectivity index is 1.49. The Kier molecular flexibility index (Phi) is 7.07. The summed E-state index contributed by atoms with van der Waals surface area (Å²) >= 11 is 0. The van der Waals surface area contributed by atoms with Crippen LogP contribution in [0.2, 0.25) is 0 Å². The summed E-state index contributed by atoms with van der Waals surface area (Å²) in [4.78, 5) is 39.0. The number of carbonyl (C=O) groups is 3. The van der Waals surface area contributed by atoms with Gasteiger partial charge in [-0.15, -0.1) is 0 Å². The number of unbranched alkanes of at least 4 members (excludes halogenated alkanes) is 2. The molecular weight excluding hydrogens is 312 g/mol. The number of nitrogens with one attached hydrogen (secondary N) is 1. The predicted octanol–water partition coefficient (Wildman–Crippen LogP) is 2.16. The molecule has 2 rings (SSSR count). The first-order chi connectivity index (χ1) is 11.6. The molecule has 1 heterocycles. The van der Waals surface area contributed by atoms with Crippen LogP contribution in [0.15, 0.2) is 30.3 Å². The Morgan fingerprint density at radius 1 is 1.12 bits per heavy atom. The molecule has 130 valence electrons. The lowest BCUT2D eigenvalue weighted by molar-refractivity contribution is -0.206. The molecule has 0 aliphatic carbocycles. The summed E-state index contributed by atoms with van der Waals surface area (Å²) in [7, 11) is 0. The third kappa shape index (κ3) is 6.28. The van der Waals surface area contributed by atoms with Gasteiger partial charge >= 0.3 is 12.1 Å². The zero-order valence-corrected chi connectivity index (χ0v) is 13.5. The number of rotatable bonds is 8. The maximum absolute atomic E-state index is 11.5. The number of hydrogen-bond acceptors (Lipinski definition) is 5. The van der Waals surface area contributed by atoms with E-state index in [1.54, 1.807) is 0 Å². The van der Waals surface area contributed by atoms with E-state index < -0.39 is 6.09 Å². The molecular formula is C17H22N2O5. The summed E-state index contributed by atoms with van der Waals surface area (Å²) in [5, 5.41) is 3.81. The summed E-state index contributed by atoms with van der Waals surface area (Å²) in [6.45, 7) is 1.14. The van der Waals surface area contributed by atoms with Crippen LogP contribution >= 0.6 is 0 Å². The van der Waals surface area contributed by atoms with Crippen molar-refractivity contribution in [1.82, 2.24) is 10.4 Å². The highest BCUT2D eigenvalue weighted by Gasteiger charge is 2.24. The van der Waals surface area contributed by atoms with Crippen molar-refractivity contribution >= 4 is 18.0 Å². The minimum atomic E-state index is -0.445. The SMILES string of the molecule is O=C1CCC(=O)N(CCCCCNC(=O)OCc2ccccc2)O1. The summed E-state index contributed by atoms with van der Waals surface area (Å²) in [5.41, 5.74) is 0.938. The zero-order valence-electron chi connectivity index (χ0n) is 13.5. The van der Waals surface area contributed by atoms with Crippen LogP contribution in [0, 0.1) is 0 Å². The van der Waals surface area contributed by atoms with Crippen LogP contribution in [0.25, 0.3) is 0 Å². The van der Waals surface area contributed by atoms with Crippen molar-refractivity contribution in [3.8, 4) is 0 Å². The molecule has 1 aromatic rings. The van der Waals surface area contributed by atoms with Crippen LogP contribution in [0.3, 0.4) is 0 Å². The molecule has 1 aliphatic heterocycles. The highest BCUT2D eigenvalue weighted by molar-refractivity contribution is 5.85. The fourth-order valence-corrected chi connectivity index (χ4v) is 2.25. The monoisotopic (exact) mass is 334 g/mol. The third-order valence-corrected chi connectivity index (χ3v) is 3.55. The number of hydroxylamine groups is 2. The third-order valence-electron chi connectivity index (χ3n) is 3.55.